The van der Waals surface area contributed by atoms with Crippen LogP contribution in [0.25, 0.3) is 0 Å². The van der Waals surface area contributed by atoms with Crippen LogP contribution in [-0.4, -0.2) is 94.7 Å². The number of β-lactam (4-membered cyclic amide) rings is 1. The molecule has 200 valence electrons. The number of nitrogen functional groups attached to an aromatic ring is 1. The van der Waals surface area contributed by atoms with Crippen molar-refractivity contribution in [2.75, 3.05) is 45.3 Å². The smallest absolute Gasteiger partial charge is 0.276 e. The highest BCUT2D eigenvalue weighted by molar-refractivity contribution is 8.00. The number of carbonyl (C=O) groups is 4. The number of rotatable bonds is 12. The number of carbonyl (C=O) groups excluding carboxylic acids is 4. The maximum Gasteiger partial charge on any atom is 0.276 e. The van der Waals surface area contributed by atoms with E-state index in [0.29, 0.717) is 35.3 Å². The van der Waals surface area contributed by atoms with Crippen molar-refractivity contribution in [3.8, 4) is 0 Å². The number of allylic oxidation sites excluding steroid dienone is 1. The van der Waals surface area contributed by atoms with Gasteiger partial charge in [0.2, 0.25) is 0 Å². The first-order chi connectivity index (χ1) is 17.5. The number of carboxylic acids is 1. The molecule has 1 unspecified atom stereocenters. The van der Waals surface area contributed by atoms with Crippen molar-refractivity contribution in [1.29, 1.82) is 0 Å². The van der Waals surface area contributed by atoms with Crippen LogP contribution in [0, 0.1) is 0 Å². The van der Waals surface area contributed by atoms with E-state index in [9.17, 15) is 24.3 Å². The van der Waals surface area contributed by atoms with Gasteiger partial charge in [0, 0.05) is 11.1 Å². The van der Waals surface area contributed by atoms with Gasteiger partial charge in [-0.15, -0.1) is 23.1 Å². The van der Waals surface area contributed by atoms with Crippen molar-refractivity contribution in [1.82, 2.24) is 15.2 Å². The summed E-state index contributed by atoms with van der Waals surface area (Å²) in [5.74, 6) is -2.81. The number of carboxylic acid groups (broad SMARTS) is 1. The molecule has 0 radical (unpaired) electrons. The normalized spacial score (nSPS) is 21.3. The molecule has 3 rings (SSSR count). The van der Waals surface area contributed by atoms with Crippen molar-refractivity contribution in [2.24, 2.45) is 10.9 Å². The molecule has 3 atom stereocenters. The number of primary amides is 1. The van der Waals surface area contributed by atoms with Gasteiger partial charge in [0.05, 0.1) is 31.8 Å². The molecule has 1 fully saturated rings. The molecule has 1 saturated heterocycles. The van der Waals surface area contributed by atoms with Gasteiger partial charge in [0.15, 0.2) is 17.4 Å². The first kappa shape index (κ1) is 28.1. The summed E-state index contributed by atoms with van der Waals surface area (Å²) in [7, 11) is 3.17. The first-order valence-corrected chi connectivity index (χ1v) is 13.2. The molecule has 37 heavy (non-hydrogen) atoms. The van der Waals surface area contributed by atoms with Gasteiger partial charge in [-0.3, -0.25) is 19.3 Å². The van der Waals surface area contributed by atoms with E-state index in [0.717, 1.165) is 16.2 Å². The number of thioether (sulfide) groups is 1. The molecule has 3 heterocycles. The number of fused-ring (bicyclic) bond motifs is 1. The first-order valence-electron chi connectivity index (χ1n) is 11.3. The van der Waals surface area contributed by atoms with E-state index in [1.807, 2.05) is 26.1 Å². The lowest BCUT2D eigenvalue weighted by Crippen LogP contribution is -2.71. The Morgan fingerprint density at radius 2 is 2.14 bits per heavy atom. The van der Waals surface area contributed by atoms with Gasteiger partial charge >= 0.3 is 0 Å². The average molecular weight is 552 g/mol. The summed E-state index contributed by atoms with van der Waals surface area (Å²) >= 11 is 2.45. The van der Waals surface area contributed by atoms with Gasteiger partial charge in [-0.05, 0) is 25.0 Å². The molecular weight excluding hydrogens is 522 g/mol. The third-order valence-electron chi connectivity index (χ3n) is 6.07. The van der Waals surface area contributed by atoms with E-state index in [-0.39, 0.29) is 28.8 Å². The minimum atomic E-state index is -1.46. The van der Waals surface area contributed by atoms with Gasteiger partial charge in [0.1, 0.15) is 24.2 Å². The number of hydrogen-bond donors (Lipinski definition) is 3. The number of quaternary nitrogens is 1. The minimum absolute atomic E-state index is 0.155. The number of aliphatic carboxylic acids is 1. The summed E-state index contributed by atoms with van der Waals surface area (Å²) in [4.78, 5) is 59.0. The predicted molar refractivity (Wildman–Crippen MR) is 137 cm³/mol. The molecule has 2 aliphatic rings. The number of nitrogens with two attached hydrogens (primary N) is 2. The number of anilines is 1. The fraction of sp³-hybridized carbons (Fsp3) is 0.455. The monoisotopic (exact) mass is 551 g/mol. The van der Waals surface area contributed by atoms with Crippen LogP contribution in [0.2, 0.25) is 0 Å². The lowest BCUT2D eigenvalue weighted by Gasteiger charge is -2.50. The maximum absolute atomic E-state index is 12.9. The molecule has 15 heteroatoms. The van der Waals surface area contributed by atoms with Crippen molar-refractivity contribution >= 4 is 57.6 Å². The van der Waals surface area contributed by atoms with Crippen LogP contribution in [0.3, 0.4) is 0 Å². The van der Waals surface area contributed by atoms with E-state index in [2.05, 4.69) is 15.5 Å². The lowest BCUT2D eigenvalue weighted by molar-refractivity contribution is -0.894. The van der Waals surface area contributed by atoms with Crippen LogP contribution >= 0.6 is 23.1 Å². The zero-order valence-corrected chi connectivity index (χ0v) is 22.3. The summed E-state index contributed by atoms with van der Waals surface area (Å²) < 4.78 is 0.420. The van der Waals surface area contributed by atoms with Crippen molar-refractivity contribution < 1.29 is 33.6 Å². The Bertz CT molecular complexity index is 1180. The number of likely N-dealkylation sites (N-methyl/N-ethyl adjacent to an activating group) is 1. The molecule has 3 amide bonds. The van der Waals surface area contributed by atoms with E-state index in [1.165, 1.54) is 24.3 Å². The Balaban J connectivity index is 1.70. The number of amides is 3. The molecule has 0 aliphatic carbocycles. The highest BCUT2D eigenvalue weighted by Crippen LogP contribution is 2.41. The Kier molecular flexibility index (Phi) is 8.94. The highest BCUT2D eigenvalue weighted by atomic mass is 32.2. The Morgan fingerprint density at radius 1 is 1.41 bits per heavy atom. The van der Waals surface area contributed by atoms with Gasteiger partial charge in [0.25, 0.3) is 17.7 Å². The summed E-state index contributed by atoms with van der Waals surface area (Å²) in [6.45, 7) is 3.37. The van der Waals surface area contributed by atoms with Gasteiger partial charge in [-0.2, -0.15) is 0 Å². The zero-order chi connectivity index (χ0) is 27.3. The third-order valence-corrected chi connectivity index (χ3v) is 8.08. The number of oxime groups is 1. The molecule has 0 bridgehead atoms. The molecule has 0 aromatic carbocycles. The SMILES string of the molecule is CC[N+](C)(C/C=C\CC1=C(C(=O)[O-])N2C(=O)[C@@H](NC(=O)/C(=N\OC)c3csc(N)n3)[C@H]2SC1)CC(N)=O. The second-order valence-corrected chi connectivity index (χ2v) is 10.7. The second kappa shape index (κ2) is 11.7. The van der Waals surface area contributed by atoms with E-state index in [1.54, 1.807) is 0 Å². The minimum Gasteiger partial charge on any atom is -0.543 e. The molecule has 5 N–H and O–H groups in total. The topological polar surface area (TPSA) is 193 Å². The van der Waals surface area contributed by atoms with Crippen LogP contribution in [-0.2, 0) is 24.0 Å². The predicted octanol–water partition coefficient (Wildman–Crippen LogP) is -1.62. The number of nitrogens with one attached hydrogen (secondary N) is 1. The number of hydrogen-bond acceptors (Lipinski definition) is 11. The molecule has 0 saturated carbocycles. The van der Waals surface area contributed by atoms with Gasteiger partial charge in [-0.25, -0.2) is 4.98 Å². The molecule has 0 spiro atoms. The summed E-state index contributed by atoms with van der Waals surface area (Å²) in [5.41, 5.74) is 11.3. The maximum atomic E-state index is 12.9. The molecular formula is C22H29N7O6S2. The van der Waals surface area contributed by atoms with E-state index in [4.69, 9.17) is 16.3 Å². The molecule has 1 aromatic rings. The number of nitrogens with zero attached hydrogens (tertiary/aromatic N) is 4. The third kappa shape index (κ3) is 6.29. The van der Waals surface area contributed by atoms with Crippen LogP contribution in [0.15, 0.2) is 34.0 Å². The van der Waals surface area contributed by atoms with Gasteiger partial charge < -0.3 is 36.0 Å². The van der Waals surface area contributed by atoms with Crippen LogP contribution in [0.4, 0.5) is 5.13 Å². The quantitative estimate of drug-likeness (QED) is 0.0899. The second-order valence-electron chi connectivity index (χ2n) is 8.71. The Morgan fingerprint density at radius 3 is 2.70 bits per heavy atom. The summed E-state index contributed by atoms with van der Waals surface area (Å²) in [6, 6.07) is -0.960. The molecule has 13 nitrogen and oxygen atoms in total. The largest absolute Gasteiger partial charge is 0.543 e. The number of thiazole rings is 1. The summed E-state index contributed by atoms with van der Waals surface area (Å²) in [5, 5.41) is 19.4. The highest BCUT2D eigenvalue weighted by Gasteiger charge is 2.53. The van der Waals surface area contributed by atoms with Crippen molar-refractivity contribution in [3.63, 3.8) is 0 Å². The number of aromatic nitrogens is 1. The van der Waals surface area contributed by atoms with Crippen LogP contribution in [0.1, 0.15) is 19.0 Å². The summed E-state index contributed by atoms with van der Waals surface area (Å²) in [6.07, 6.45) is 3.97. The molecule has 2 aliphatic heterocycles. The fourth-order valence-electron chi connectivity index (χ4n) is 3.97. The van der Waals surface area contributed by atoms with Crippen LogP contribution in [0.5, 0.6) is 0 Å². The Labute approximate surface area is 221 Å². The zero-order valence-electron chi connectivity index (χ0n) is 20.6. The Hall–Kier alpha value is -3.43. The lowest BCUT2D eigenvalue weighted by atomic mass is 10.0. The van der Waals surface area contributed by atoms with Crippen molar-refractivity contribution in [2.45, 2.75) is 24.8 Å². The van der Waals surface area contributed by atoms with E-state index >= 15 is 0 Å². The fourth-order valence-corrected chi connectivity index (χ4v) is 5.88. The average Bonchev–Trinajstić information content (AvgIpc) is 3.28. The van der Waals surface area contributed by atoms with E-state index < -0.39 is 35.1 Å². The standard InChI is InChI=1S/C22H29N7O6S2/c1-4-29(2,9-14(23)30)8-6-5-7-12-10-36-20-16(19(32)28(20)17(12)21(33)34)26-18(31)15(27-35-3)13-11-37-22(24)25-13/h5-6,11,16,20H,4,7-10H2,1-3H3,(H5-,23,24,25,26,30,31,33,34)/b6-5-,27-15-/t16-,20-,29?/m1/s1. The van der Waals surface area contributed by atoms with Crippen molar-refractivity contribution in [3.05, 3.63) is 34.5 Å². The van der Waals surface area contributed by atoms with Crippen LogP contribution < -0.4 is 21.9 Å². The molecule has 1 aromatic heterocycles. The van der Waals surface area contributed by atoms with Gasteiger partial charge in [-0.1, -0.05) is 11.2 Å².